The van der Waals surface area contributed by atoms with E-state index in [2.05, 4.69) is 15.9 Å². The number of methoxy groups -OCH3 is 1. The number of carbonyl (C=O) groups is 1. The largest absolute Gasteiger partial charge is 0.495 e. The topological polar surface area (TPSA) is 26.3 Å². The molecule has 0 N–H and O–H groups in total. The van der Waals surface area contributed by atoms with Crippen LogP contribution < -0.4 is 4.74 Å². The highest BCUT2D eigenvalue weighted by Crippen LogP contribution is 2.28. The average Bonchev–Trinajstić information content (AvgIpc) is 2.83. The van der Waals surface area contributed by atoms with Gasteiger partial charge in [0.2, 0.25) is 0 Å². The van der Waals surface area contributed by atoms with Crippen molar-refractivity contribution in [1.82, 2.24) is 0 Å². The number of hydrogen-bond acceptors (Lipinski definition) is 3. The van der Waals surface area contributed by atoms with Crippen molar-refractivity contribution in [2.45, 2.75) is 6.42 Å². The van der Waals surface area contributed by atoms with Crippen LogP contribution >= 0.6 is 27.3 Å². The maximum atomic E-state index is 13.3. The predicted molar refractivity (Wildman–Crippen MR) is 73.0 cm³/mol. The van der Waals surface area contributed by atoms with Crippen LogP contribution in [0.5, 0.6) is 5.75 Å². The minimum atomic E-state index is -0.363. The second-order valence-electron chi connectivity index (χ2n) is 3.63. The van der Waals surface area contributed by atoms with Crippen LogP contribution in [-0.4, -0.2) is 12.9 Å². The molecule has 0 bridgehead atoms. The van der Waals surface area contributed by atoms with Crippen LogP contribution in [0.15, 0.2) is 34.1 Å². The third kappa shape index (κ3) is 2.62. The van der Waals surface area contributed by atoms with Gasteiger partial charge in [0, 0.05) is 6.42 Å². The van der Waals surface area contributed by atoms with E-state index in [1.807, 2.05) is 0 Å². The summed E-state index contributed by atoms with van der Waals surface area (Å²) in [6, 6.07) is 6.42. The number of benzene rings is 1. The number of halogens is 2. The first-order chi connectivity index (χ1) is 8.63. The molecular weight excluding hydrogens is 319 g/mol. The number of Topliss-reactive ketones (excluding diaryl/α,β-unsaturated/α-hetero) is 1. The number of ether oxygens (including phenoxy) is 1. The van der Waals surface area contributed by atoms with E-state index >= 15 is 0 Å². The number of rotatable bonds is 4. The summed E-state index contributed by atoms with van der Waals surface area (Å²) < 4.78 is 18.8. The summed E-state index contributed by atoms with van der Waals surface area (Å²) in [5.74, 6) is 0.129. The van der Waals surface area contributed by atoms with E-state index in [1.54, 1.807) is 23.6 Å². The lowest BCUT2D eigenvalue weighted by atomic mass is 10.1. The first kappa shape index (κ1) is 13.2. The summed E-state index contributed by atoms with van der Waals surface area (Å²) in [5.41, 5.74) is 0.635. The van der Waals surface area contributed by atoms with Gasteiger partial charge in [0.05, 0.1) is 11.6 Å². The highest BCUT2D eigenvalue weighted by molar-refractivity contribution is 9.10. The SMILES string of the molecule is COc1ccsc1C(=O)Cc1cccc(F)c1Br. The molecule has 18 heavy (non-hydrogen) atoms. The van der Waals surface area contributed by atoms with Gasteiger partial charge in [-0.1, -0.05) is 12.1 Å². The Kier molecular flexibility index (Phi) is 4.14. The van der Waals surface area contributed by atoms with E-state index < -0.39 is 0 Å². The average molecular weight is 329 g/mol. The quantitative estimate of drug-likeness (QED) is 0.790. The number of carbonyl (C=O) groups excluding carboxylic acids is 1. The minimum absolute atomic E-state index is 0.0758. The molecule has 0 saturated carbocycles. The fourth-order valence-corrected chi connectivity index (χ4v) is 2.80. The number of ketones is 1. The van der Waals surface area contributed by atoms with Gasteiger partial charge < -0.3 is 4.74 Å². The van der Waals surface area contributed by atoms with Crippen molar-refractivity contribution in [2.75, 3.05) is 7.11 Å². The van der Waals surface area contributed by atoms with Crippen molar-refractivity contribution in [3.8, 4) is 5.75 Å². The molecule has 0 fully saturated rings. The van der Waals surface area contributed by atoms with Crippen LogP contribution in [0, 0.1) is 5.82 Å². The summed E-state index contributed by atoms with van der Waals surface area (Å²) in [6.07, 6.45) is 0.148. The van der Waals surface area contributed by atoms with Crippen LogP contribution in [0.25, 0.3) is 0 Å². The normalized spacial score (nSPS) is 10.4. The van der Waals surface area contributed by atoms with E-state index in [4.69, 9.17) is 4.74 Å². The van der Waals surface area contributed by atoms with Gasteiger partial charge in [0.1, 0.15) is 16.4 Å². The van der Waals surface area contributed by atoms with Crippen LogP contribution in [-0.2, 0) is 6.42 Å². The Hall–Kier alpha value is -1.20. The Balaban J connectivity index is 2.24. The van der Waals surface area contributed by atoms with Crippen LogP contribution in [0.4, 0.5) is 4.39 Å². The molecular formula is C13H10BrFO2S. The fraction of sp³-hybridized carbons (Fsp3) is 0.154. The molecule has 2 aromatic rings. The molecule has 1 heterocycles. The molecule has 1 aromatic carbocycles. The lowest BCUT2D eigenvalue weighted by Crippen LogP contribution is -2.04. The lowest BCUT2D eigenvalue weighted by Gasteiger charge is -2.05. The van der Waals surface area contributed by atoms with Gasteiger partial charge in [-0.05, 0) is 39.0 Å². The first-order valence-corrected chi connectivity index (χ1v) is 6.88. The summed E-state index contributed by atoms with van der Waals surface area (Å²) in [7, 11) is 1.52. The molecule has 0 unspecified atom stereocenters. The zero-order valence-corrected chi connectivity index (χ0v) is 12.0. The summed E-state index contributed by atoms with van der Waals surface area (Å²) in [4.78, 5) is 12.7. The molecule has 0 saturated heterocycles. The van der Waals surface area contributed by atoms with E-state index in [0.717, 1.165) is 0 Å². The third-order valence-corrected chi connectivity index (χ3v) is 4.31. The molecule has 0 radical (unpaired) electrons. The zero-order chi connectivity index (χ0) is 13.1. The third-order valence-electron chi connectivity index (χ3n) is 2.48. The second-order valence-corrected chi connectivity index (χ2v) is 5.34. The summed E-state index contributed by atoms with van der Waals surface area (Å²) >= 11 is 4.48. The summed E-state index contributed by atoms with van der Waals surface area (Å²) in [6.45, 7) is 0. The van der Waals surface area contributed by atoms with Gasteiger partial charge in [-0.3, -0.25) is 4.79 Å². The Morgan fingerprint density at radius 2 is 2.22 bits per heavy atom. The highest BCUT2D eigenvalue weighted by Gasteiger charge is 2.16. The Labute approximate surface area is 117 Å². The predicted octanol–water partition coefficient (Wildman–Crippen LogP) is 4.08. The fourth-order valence-electron chi connectivity index (χ4n) is 1.60. The molecule has 2 nitrogen and oxygen atoms in total. The monoisotopic (exact) mass is 328 g/mol. The van der Waals surface area contributed by atoms with Crippen molar-refractivity contribution in [3.05, 3.63) is 50.4 Å². The van der Waals surface area contributed by atoms with E-state index in [1.165, 1.54) is 24.5 Å². The smallest absolute Gasteiger partial charge is 0.180 e. The molecule has 94 valence electrons. The minimum Gasteiger partial charge on any atom is -0.495 e. The molecule has 0 aliphatic carbocycles. The van der Waals surface area contributed by atoms with Crippen LogP contribution in [0.3, 0.4) is 0 Å². The van der Waals surface area contributed by atoms with E-state index in [9.17, 15) is 9.18 Å². The number of thiophene rings is 1. The molecule has 0 spiro atoms. The van der Waals surface area contributed by atoms with Crippen molar-refractivity contribution in [1.29, 1.82) is 0 Å². The molecule has 1 aromatic heterocycles. The van der Waals surface area contributed by atoms with Gasteiger partial charge >= 0.3 is 0 Å². The van der Waals surface area contributed by atoms with Crippen LogP contribution in [0.1, 0.15) is 15.2 Å². The van der Waals surface area contributed by atoms with E-state index in [0.29, 0.717) is 20.7 Å². The molecule has 2 rings (SSSR count). The van der Waals surface area contributed by atoms with Crippen molar-refractivity contribution in [2.24, 2.45) is 0 Å². The van der Waals surface area contributed by atoms with Gasteiger partial charge in [-0.15, -0.1) is 11.3 Å². The highest BCUT2D eigenvalue weighted by atomic mass is 79.9. The maximum Gasteiger partial charge on any atom is 0.180 e. The van der Waals surface area contributed by atoms with E-state index in [-0.39, 0.29) is 18.0 Å². The standard InChI is InChI=1S/C13H10BrFO2S/c1-17-11-5-6-18-13(11)10(16)7-8-3-2-4-9(15)12(8)14/h2-6H,7H2,1H3. The van der Waals surface area contributed by atoms with Gasteiger partial charge in [0.25, 0.3) is 0 Å². The molecule has 0 amide bonds. The van der Waals surface area contributed by atoms with Gasteiger partial charge in [0.15, 0.2) is 5.78 Å². The first-order valence-electron chi connectivity index (χ1n) is 5.21. The Morgan fingerprint density at radius 1 is 1.44 bits per heavy atom. The zero-order valence-electron chi connectivity index (χ0n) is 9.57. The second kappa shape index (κ2) is 5.63. The summed E-state index contributed by atoms with van der Waals surface area (Å²) in [5, 5.41) is 1.80. The maximum absolute atomic E-state index is 13.3. The molecule has 0 aliphatic rings. The lowest BCUT2D eigenvalue weighted by molar-refractivity contribution is 0.0994. The van der Waals surface area contributed by atoms with Crippen molar-refractivity contribution < 1.29 is 13.9 Å². The Bertz CT molecular complexity index is 580. The van der Waals surface area contributed by atoms with Gasteiger partial charge in [-0.25, -0.2) is 4.39 Å². The van der Waals surface area contributed by atoms with Crippen molar-refractivity contribution >= 4 is 33.0 Å². The molecule has 5 heteroatoms. The van der Waals surface area contributed by atoms with Crippen molar-refractivity contribution in [3.63, 3.8) is 0 Å². The van der Waals surface area contributed by atoms with Gasteiger partial charge in [-0.2, -0.15) is 0 Å². The number of hydrogen-bond donors (Lipinski definition) is 0. The molecule has 0 aliphatic heterocycles. The van der Waals surface area contributed by atoms with Crippen LogP contribution in [0.2, 0.25) is 0 Å². The Morgan fingerprint density at radius 3 is 2.94 bits per heavy atom. The molecule has 0 atom stereocenters.